The number of thioether (sulfide) groups is 1. The van der Waals surface area contributed by atoms with Crippen molar-refractivity contribution in [3.63, 3.8) is 0 Å². The van der Waals surface area contributed by atoms with Gasteiger partial charge in [0.1, 0.15) is 12.6 Å². The van der Waals surface area contributed by atoms with Crippen molar-refractivity contribution < 1.29 is 23.4 Å². The lowest BCUT2D eigenvalue weighted by Crippen LogP contribution is -2.46. The molecule has 1 rings (SSSR count). The first-order chi connectivity index (χ1) is 16.1. The molecule has 0 amide bonds. The van der Waals surface area contributed by atoms with Crippen molar-refractivity contribution in [3.05, 3.63) is 0 Å². The fourth-order valence-electron chi connectivity index (χ4n) is 5.20. The van der Waals surface area contributed by atoms with Crippen LogP contribution in [0.5, 0.6) is 0 Å². The third-order valence-corrected chi connectivity index (χ3v) is 9.01. The Kier molecular flexibility index (Phi) is 17.8. The van der Waals surface area contributed by atoms with Gasteiger partial charge in [0.25, 0.3) is 0 Å². The van der Waals surface area contributed by atoms with E-state index in [9.17, 15) is 14.4 Å². The van der Waals surface area contributed by atoms with Crippen molar-refractivity contribution in [2.24, 2.45) is 5.92 Å². The zero-order chi connectivity index (χ0) is 25.3. The summed E-state index contributed by atoms with van der Waals surface area (Å²) in [4.78, 5) is 18.8. The van der Waals surface area contributed by atoms with E-state index in [1.165, 1.54) is 102 Å². The minimum absolute atomic E-state index is 0.243. The molecule has 1 unspecified atom stereocenters. The number of phosphoric acid groups is 1. The summed E-state index contributed by atoms with van der Waals surface area (Å²) in [6, 6.07) is 0. The number of nitrogens with zero attached hydrogens (tertiary/aromatic N) is 1. The molecule has 0 aliphatic heterocycles. The highest BCUT2D eigenvalue weighted by molar-refractivity contribution is 7.99. The summed E-state index contributed by atoms with van der Waals surface area (Å²) in [6.45, 7) is 2.91. The van der Waals surface area contributed by atoms with E-state index in [2.05, 4.69) is 39.8 Å². The molecule has 0 spiro atoms. The van der Waals surface area contributed by atoms with Crippen molar-refractivity contribution >= 4 is 19.6 Å². The summed E-state index contributed by atoms with van der Waals surface area (Å²) in [5.41, 5.74) is 0. The van der Waals surface area contributed by atoms with Gasteiger partial charge in [-0.15, -0.1) is 0 Å². The van der Waals surface area contributed by atoms with Gasteiger partial charge >= 0.3 is 7.82 Å². The van der Waals surface area contributed by atoms with Gasteiger partial charge in [-0.1, -0.05) is 96.8 Å². The zero-order valence-electron chi connectivity index (χ0n) is 22.9. The molecule has 1 aliphatic rings. The molecule has 3 atom stereocenters. The van der Waals surface area contributed by atoms with Gasteiger partial charge in [-0.3, -0.25) is 4.52 Å². The lowest BCUT2D eigenvalue weighted by molar-refractivity contribution is -0.873. The molecule has 0 aromatic rings. The zero-order valence-corrected chi connectivity index (χ0v) is 24.6. The fourth-order valence-corrected chi connectivity index (χ4v) is 7.21. The first-order valence-corrected chi connectivity index (χ1v) is 16.8. The number of phosphoric ester groups is 1. The highest BCUT2D eigenvalue weighted by Gasteiger charge is 2.36. The van der Waals surface area contributed by atoms with Crippen molar-refractivity contribution in [1.82, 2.24) is 0 Å². The molecule has 1 saturated carbocycles. The Morgan fingerprint density at radius 2 is 1.35 bits per heavy atom. The van der Waals surface area contributed by atoms with Gasteiger partial charge < -0.3 is 14.3 Å². The number of unbranched alkanes of at least 4 members (excludes halogenated alkanes) is 13. The minimum atomic E-state index is -4.46. The van der Waals surface area contributed by atoms with Crippen molar-refractivity contribution in [2.45, 2.75) is 134 Å². The average Bonchev–Trinajstić information content (AvgIpc) is 2.74. The van der Waals surface area contributed by atoms with Crippen LogP contribution >= 0.6 is 19.6 Å². The molecule has 2 N–H and O–H groups in total. The molecule has 0 aromatic heterocycles. The number of rotatable bonds is 21. The van der Waals surface area contributed by atoms with Crippen LogP contribution in [0.15, 0.2) is 0 Å². The predicted molar refractivity (Wildman–Crippen MR) is 148 cm³/mol. The van der Waals surface area contributed by atoms with Gasteiger partial charge in [0.05, 0.1) is 21.1 Å². The van der Waals surface area contributed by atoms with Crippen LogP contribution in [0.2, 0.25) is 0 Å². The summed E-state index contributed by atoms with van der Waals surface area (Å²) < 4.78 is 17.5. The van der Waals surface area contributed by atoms with Crippen molar-refractivity contribution in [3.8, 4) is 0 Å². The van der Waals surface area contributed by atoms with E-state index in [-0.39, 0.29) is 12.0 Å². The van der Waals surface area contributed by atoms with Crippen LogP contribution in [0.1, 0.15) is 122 Å². The second-order valence-electron chi connectivity index (χ2n) is 11.6. The van der Waals surface area contributed by atoms with Gasteiger partial charge in [0, 0.05) is 5.25 Å². The smallest absolute Gasteiger partial charge is 0.329 e. The average molecular weight is 523 g/mol. The van der Waals surface area contributed by atoms with Gasteiger partial charge in [-0.2, -0.15) is 11.8 Å². The summed E-state index contributed by atoms with van der Waals surface area (Å²) in [5, 5.41) is 0.607. The van der Waals surface area contributed by atoms with E-state index in [0.717, 1.165) is 19.3 Å². The lowest BCUT2D eigenvalue weighted by atomic mass is 9.84. The third kappa shape index (κ3) is 18.7. The topological polar surface area (TPSA) is 66.8 Å². The van der Waals surface area contributed by atoms with Crippen molar-refractivity contribution in [2.75, 3.05) is 33.4 Å². The Bertz CT molecular complexity index is 537. The Morgan fingerprint density at radius 1 is 0.853 bits per heavy atom. The number of hydrogen-bond donors (Lipinski definition) is 2. The van der Waals surface area contributed by atoms with E-state index in [0.29, 0.717) is 16.3 Å². The second-order valence-corrected chi connectivity index (χ2v) is 14.2. The molecule has 34 heavy (non-hydrogen) atoms. The largest absolute Gasteiger partial charge is 0.470 e. The molecular formula is C27H57NO4PS+. The highest BCUT2D eigenvalue weighted by atomic mass is 32.2. The van der Waals surface area contributed by atoms with E-state index in [1.807, 2.05) is 0 Å². The van der Waals surface area contributed by atoms with Crippen LogP contribution in [0.4, 0.5) is 0 Å². The molecule has 7 heteroatoms. The third-order valence-electron chi connectivity index (χ3n) is 7.04. The molecule has 0 radical (unpaired) electrons. The number of quaternary nitrogens is 1. The van der Waals surface area contributed by atoms with Crippen LogP contribution in [-0.4, -0.2) is 59.1 Å². The first kappa shape index (κ1) is 32.4. The number of hydrogen-bond acceptors (Lipinski definition) is 3. The molecule has 1 fully saturated rings. The normalized spacial score (nSPS) is 20.5. The Morgan fingerprint density at radius 3 is 1.82 bits per heavy atom. The molecule has 0 saturated heterocycles. The molecule has 1 aliphatic carbocycles. The summed E-state index contributed by atoms with van der Waals surface area (Å²) in [7, 11) is 1.70. The van der Waals surface area contributed by atoms with E-state index in [1.54, 1.807) is 0 Å². The quantitative estimate of drug-likeness (QED) is 0.0910. The second kappa shape index (κ2) is 18.6. The Labute approximate surface area is 216 Å². The number of likely N-dealkylation sites (N-methyl/N-ethyl adjacent to an activating group) is 1. The molecular weight excluding hydrogens is 465 g/mol. The SMILES string of the molecule is CCCCCCCCCCCCCCCCS[C@@H]1CCC[C@@H](C(C[N+](C)(C)C)OP(=O)(O)O)C1. The maximum Gasteiger partial charge on any atom is 0.470 e. The Balaban J connectivity index is 2.09. The summed E-state index contributed by atoms with van der Waals surface area (Å²) >= 11 is 2.08. The Hall–Kier alpha value is 0.420. The maximum absolute atomic E-state index is 11.5. The summed E-state index contributed by atoms with van der Waals surface area (Å²) in [6.07, 6.45) is 23.6. The predicted octanol–water partition coefficient (Wildman–Crippen LogP) is 7.94. The van der Waals surface area contributed by atoms with E-state index >= 15 is 0 Å². The summed E-state index contributed by atoms with van der Waals surface area (Å²) in [5.74, 6) is 1.46. The van der Waals surface area contributed by atoms with Gasteiger partial charge in [-0.05, 0) is 37.4 Å². The van der Waals surface area contributed by atoms with Gasteiger partial charge in [0.15, 0.2) is 0 Å². The van der Waals surface area contributed by atoms with Crippen LogP contribution in [0, 0.1) is 5.92 Å². The molecule has 204 valence electrons. The maximum atomic E-state index is 11.5. The molecule has 0 aromatic carbocycles. The molecule has 0 bridgehead atoms. The molecule has 0 heterocycles. The minimum Gasteiger partial charge on any atom is -0.329 e. The standard InChI is InChI=1S/C27H56NO4PS/c1-5-6-7-8-9-10-11-12-13-14-15-16-17-18-22-34-26-21-19-20-25(23-26)27(24-28(2,3)4)32-33(29,30)31/h25-27H,5-24H2,1-4H3,(H-,29,30,31)/p+1/t25-,26-,27?/m1/s1. The fraction of sp³-hybridized carbons (Fsp3) is 1.00. The monoisotopic (exact) mass is 522 g/mol. The van der Waals surface area contributed by atoms with Crippen molar-refractivity contribution in [1.29, 1.82) is 0 Å². The van der Waals surface area contributed by atoms with Crippen LogP contribution in [0.25, 0.3) is 0 Å². The van der Waals surface area contributed by atoms with Crippen LogP contribution in [0.3, 0.4) is 0 Å². The van der Waals surface area contributed by atoms with E-state index in [4.69, 9.17) is 4.52 Å². The van der Waals surface area contributed by atoms with E-state index < -0.39 is 7.82 Å². The van der Waals surface area contributed by atoms with Crippen LogP contribution in [-0.2, 0) is 9.09 Å². The van der Waals surface area contributed by atoms with Crippen LogP contribution < -0.4 is 0 Å². The lowest BCUT2D eigenvalue weighted by Gasteiger charge is -2.37. The highest BCUT2D eigenvalue weighted by Crippen LogP contribution is 2.43. The van der Waals surface area contributed by atoms with Gasteiger partial charge in [-0.25, -0.2) is 4.57 Å². The molecule has 5 nitrogen and oxygen atoms in total. The van der Waals surface area contributed by atoms with Gasteiger partial charge in [0.2, 0.25) is 0 Å². The first-order valence-electron chi connectivity index (χ1n) is 14.3.